The number of carbonyl (C=O) groups is 1. The summed E-state index contributed by atoms with van der Waals surface area (Å²) in [6.07, 6.45) is 0.654. The Kier molecular flexibility index (Phi) is 13.4. The predicted molar refractivity (Wildman–Crippen MR) is 272 cm³/mol. The summed E-state index contributed by atoms with van der Waals surface area (Å²) in [5.41, 5.74) is 9.60. The quantitative estimate of drug-likeness (QED) is 0.116. The maximum absolute atomic E-state index is 14.5. The Bertz CT molecular complexity index is 2280. The normalized spacial score (nSPS) is 14.8. The van der Waals surface area contributed by atoms with Crippen LogP contribution in [-0.4, -0.2) is 5.97 Å². The van der Waals surface area contributed by atoms with E-state index in [2.05, 4.69) is 203 Å². The van der Waals surface area contributed by atoms with Crippen LogP contribution in [0, 0.1) is 0 Å². The summed E-state index contributed by atoms with van der Waals surface area (Å²) in [6, 6.07) is 19.5. The molecule has 0 aromatic heterocycles. The first-order chi connectivity index (χ1) is 28.7. The van der Waals surface area contributed by atoms with Crippen molar-refractivity contribution in [3.63, 3.8) is 0 Å². The van der Waals surface area contributed by atoms with Gasteiger partial charge in [-0.3, -0.25) is 0 Å². The van der Waals surface area contributed by atoms with Crippen molar-refractivity contribution in [2.45, 2.75) is 216 Å². The molecule has 64 heavy (non-hydrogen) atoms. The molecule has 350 valence electrons. The van der Waals surface area contributed by atoms with Gasteiger partial charge in [0.2, 0.25) is 0 Å². The Morgan fingerprint density at radius 2 is 0.797 bits per heavy atom. The minimum Gasteiger partial charge on any atom is -0.423 e. The zero-order valence-electron chi connectivity index (χ0n) is 44.4. The largest absolute Gasteiger partial charge is 0.530 e. The molecule has 5 rings (SSSR count). The van der Waals surface area contributed by atoms with E-state index in [1.807, 2.05) is 18.2 Å². The molecule has 0 aliphatic carbocycles. The first-order valence-corrected chi connectivity index (χ1v) is 24.5. The van der Waals surface area contributed by atoms with Crippen molar-refractivity contribution in [1.82, 2.24) is 0 Å². The Morgan fingerprint density at radius 1 is 0.438 bits per heavy atom. The molecule has 0 unspecified atom stereocenters. The molecule has 4 aromatic carbocycles. The maximum atomic E-state index is 14.5. The van der Waals surface area contributed by atoms with Crippen LogP contribution < -0.4 is 18.3 Å². The lowest BCUT2D eigenvalue weighted by Gasteiger charge is -2.35. The van der Waals surface area contributed by atoms with Gasteiger partial charge < -0.3 is 18.3 Å². The van der Waals surface area contributed by atoms with Gasteiger partial charge in [-0.2, -0.15) is 0 Å². The van der Waals surface area contributed by atoms with Gasteiger partial charge in [0.1, 0.15) is 23.0 Å². The van der Waals surface area contributed by atoms with E-state index in [9.17, 15) is 4.79 Å². The topological polar surface area (TPSA) is 54.0 Å². The summed E-state index contributed by atoms with van der Waals surface area (Å²) in [5, 5.41) is 0. The molecule has 0 atom stereocenters. The monoisotopic (exact) mass is 891 g/mol. The third-order valence-corrected chi connectivity index (χ3v) is 13.3. The Balaban J connectivity index is 1.78. The fourth-order valence-corrected chi connectivity index (χ4v) is 9.30. The van der Waals surface area contributed by atoms with Gasteiger partial charge in [0.15, 0.2) is 0 Å². The molecular weight excluding hydrogens is 808 g/mol. The molecule has 1 aliphatic heterocycles. The molecule has 0 amide bonds. The van der Waals surface area contributed by atoms with Crippen LogP contribution in [0.3, 0.4) is 0 Å². The number of hydrogen-bond donors (Lipinski definition) is 0. The average molecular weight is 891 g/mol. The van der Waals surface area contributed by atoms with E-state index in [4.69, 9.17) is 18.3 Å². The molecule has 1 heterocycles. The van der Waals surface area contributed by atoms with Gasteiger partial charge in [0.25, 0.3) is 0 Å². The summed E-state index contributed by atoms with van der Waals surface area (Å²) in [4.78, 5) is 14.5. The minimum atomic E-state index is -2.11. The summed E-state index contributed by atoms with van der Waals surface area (Å²) < 4.78 is 28.3. The lowest BCUT2D eigenvalue weighted by Crippen LogP contribution is -2.24. The van der Waals surface area contributed by atoms with Crippen LogP contribution in [0.4, 0.5) is 0 Å². The van der Waals surface area contributed by atoms with E-state index in [1.165, 1.54) is 16.7 Å². The second-order valence-electron chi connectivity index (χ2n) is 26.7. The third-order valence-electron chi connectivity index (χ3n) is 12.4. The van der Waals surface area contributed by atoms with Crippen molar-refractivity contribution in [2.75, 3.05) is 0 Å². The van der Waals surface area contributed by atoms with Gasteiger partial charge in [-0.25, -0.2) is 4.79 Å². The van der Waals surface area contributed by atoms with Crippen LogP contribution in [-0.2, 0) is 49.7 Å². The molecule has 0 saturated heterocycles. The van der Waals surface area contributed by atoms with Gasteiger partial charge >= 0.3 is 14.6 Å². The first kappa shape index (κ1) is 51.2. The van der Waals surface area contributed by atoms with Crippen LogP contribution in [0.5, 0.6) is 23.0 Å². The highest BCUT2D eigenvalue weighted by molar-refractivity contribution is 7.43. The molecule has 4 aromatic rings. The van der Waals surface area contributed by atoms with Crippen LogP contribution in [0.15, 0.2) is 54.6 Å². The number of esters is 1. The van der Waals surface area contributed by atoms with E-state index in [0.717, 1.165) is 50.4 Å². The van der Waals surface area contributed by atoms with Crippen molar-refractivity contribution in [3.8, 4) is 23.0 Å². The first-order valence-electron chi connectivity index (χ1n) is 23.4. The predicted octanol–water partition coefficient (Wildman–Crippen LogP) is 17.0. The average Bonchev–Trinajstić information content (AvgIpc) is 3.08. The zero-order valence-corrected chi connectivity index (χ0v) is 45.3. The summed E-state index contributed by atoms with van der Waals surface area (Å²) in [6.45, 7) is 53.2. The van der Waals surface area contributed by atoms with Crippen molar-refractivity contribution < 1.29 is 23.1 Å². The summed E-state index contributed by atoms with van der Waals surface area (Å²) >= 11 is 0. The van der Waals surface area contributed by atoms with Gasteiger partial charge in [-0.15, -0.1) is 0 Å². The van der Waals surface area contributed by atoms with Crippen molar-refractivity contribution >= 4 is 14.6 Å². The van der Waals surface area contributed by atoms with Crippen LogP contribution in [0.2, 0.25) is 0 Å². The van der Waals surface area contributed by atoms with Gasteiger partial charge in [0, 0.05) is 34.2 Å². The second-order valence-corrected chi connectivity index (χ2v) is 27.7. The van der Waals surface area contributed by atoms with E-state index >= 15 is 0 Å². The van der Waals surface area contributed by atoms with E-state index in [-0.39, 0.29) is 32.5 Å². The number of fused-ring (bicyclic) bond motifs is 2. The smallest absolute Gasteiger partial charge is 0.423 e. The van der Waals surface area contributed by atoms with Crippen LogP contribution in [0.1, 0.15) is 232 Å². The fraction of sp³-hybridized carbons (Fsp3) is 0.569. The molecular formula is C58H83O5P. The fourth-order valence-electron chi connectivity index (χ4n) is 8.11. The number of rotatable bonds is 4. The summed E-state index contributed by atoms with van der Waals surface area (Å²) in [5.74, 6) is 2.47. The van der Waals surface area contributed by atoms with Gasteiger partial charge in [-0.1, -0.05) is 203 Å². The Hall–Kier alpha value is -3.82. The standard InChI is InChI=1S/C58H83O5P/c1-51(2,3)38-25-26-46(41(32-38)54(10,11)12)60-50(59)37-30-42(55(13,14)15)49(43(31-37)56(16,17)18)63-64-61-47-35(28-39(52(4,5)6)33-44(47)57(19,20)21)27-36-29-40(53(7,8)9)34-45(48(36)62-64)58(22,23)24/h25-26,28-34H,27H2,1-24H3. The highest BCUT2D eigenvalue weighted by Crippen LogP contribution is 2.55. The SMILES string of the molecule is CC(C)(C)c1ccc(OC(=O)c2cc(C(C)(C)C)c(OP3Oc4c(cc(C(C)(C)C)cc4C(C)(C)C)Cc4cc(C(C)(C)C)cc(C(C)(C)C)c4O3)c(C(C)(C)C)c2)c(C(C)(C)C)c1. The molecule has 0 spiro atoms. The molecule has 5 nitrogen and oxygen atoms in total. The third kappa shape index (κ3) is 11.4. The molecule has 0 N–H and O–H groups in total. The van der Waals surface area contributed by atoms with Crippen LogP contribution in [0.25, 0.3) is 0 Å². The Labute approximate surface area is 390 Å². The van der Waals surface area contributed by atoms with Crippen molar-refractivity contribution in [1.29, 1.82) is 0 Å². The highest BCUT2D eigenvalue weighted by atomic mass is 31.2. The van der Waals surface area contributed by atoms with Crippen molar-refractivity contribution in [3.05, 3.63) is 116 Å². The molecule has 6 heteroatoms. The number of hydrogen-bond acceptors (Lipinski definition) is 5. The molecule has 0 saturated carbocycles. The van der Waals surface area contributed by atoms with Crippen LogP contribution >= 0.6 is 8.60 Å². The van der Waals surface area contributed by atoms with E-state index in [1.54, 1.807) is 0 Å². The molecule has 0 fully saturated rings. The lowest BCUT2D eigenvalue weighted by molar-refractivity contribution is 0.0731. The van der Waals surface area contributed by atoms with E-state index < -0.39 is 25.4 Å². The van der Waals surface area contributed by atoms with Gasteiger partial charge in [0.05, 0.1) is 5.56 Å². The minimum absolute atomic E-state index is 0.0510. The highest BCUT2D eigenvalue weighted by Gasteiger charge is 2.39. The maximum Gasteiger partial charge on any atom is 0.530 e. The van der Waals surface area contributed by atoms with Crippen molar-refractivity contribution in [2.24, 2.45) is 0 Å². The number of benzene rings is 4. The second kappa shape index (κ2) is 16.8. The molecule has 1 aliphatic rings. The number of ether oxygens (including phenoxy) is 1. The zero-order chi connectivity index (χ0) is 48.7. The van der Waals surface area contributed by atoms with E-state index in [0.29, 0.717) is 23.5 Å². The lowest BCUT2D eigenvalue weighted by atomic mass is 9.76. The van der Waals surface area contributed by atoms with Gasteiger partial charge in [-0.05, 0) is 89.3 Å². The Morgan fingerprint density at radius 3 is 1.14 bits per heavy atom. The summed E-state index contributed by atoms with van der Waals surface area (Å²) in [7, 11) is -2.11. The molecule has 0 radical (unpaired) electrons. The number of carbonyl (C=O) groups excluding carboxylic acids is 1. The molecule has 0 bridgehead atoms.